The van der Waals surface area contributed by atoms with E-state index in [1.165, 1.54) is 0 Å². The van der Waals surface area contributed by atoms with E-state index in [2.05, 4.69) is 4.98 Å². The molecule has 1 aromatic carbocycles. The standard InChI is InChI=1S/C12H11NO/c1-14-11-8-5-9-13-12(11)10-6-3-2-4-7-10/h2-9H,1H3. The summed E-state index contributed by atoms with van der Waals surface area (Å²) in [6.45, 7) is 0. The zero-order valence-corrected chi connectivity index (χ0v) is 7.97. The maximum absolute atomic E-state index is 5.24. The number of hydrogen-bond acceptors (Lipinski definition) is 2. The second-order valence-electron chi connectivity index (χ2n) is 2.92. The van der Waals surface area contributed by atoms with Gasteiger partial charge in [0.25, 0.3) is 0 Å². The van der Waals surface area contributed by atoms with Crippen molar-refractivity contribution >= 4 is 0 Å². The summed E-state index contributed by atoms with van der Waals surface area (Å²) in [5.41, 5.74) is 1.96. The highest BCUT2D eigenvalue weighted by Crippen LogP contribution is 2.26. The summed E-state index contributed by atoms with van der Waals surface area (Å²) < 4.78 is 5.24. The molecule has 0 spiro atoms. The van der Waals surface area contributed by atoms with Gasteiger partial charge in [0.1, 0.15) is 11.4 Å². The predicted molar refractivity (Wildman–Crippen MR) is 56.2 cm³/mol. The first-order valence-electron chi connectivity index (χ1n) is 4.46. The number of rotatable bonds is 2. The first kappa shape index (κ1) is 8.75. The van der Waals surface area contributed by atoms with Crippen LogP contribution in [0.4, 0.5) is 0 Å². The molecule has 0 saturated carbocycles. The fraction of sp³-hybridized carbons (Fsp3) is 0.0833. The van der Waals surface area contributed by atoms with Gasteiger partial charge in [0.15, 0.2) is 0 Å². The van der Waals surface area contributed by atoms with E-state index in [4.69, 9.17) is 4.74 Å². The summed E-state index contributed by atoms with van der Waals surface area (Å²) >= 11 is 0. The molecule has 0 saturated heterocycles. The summed E-state index contributed by atoms with van der Waals surface area (Å²) in [5, 5.41) is 0. The van der Waals surface area contributed by atoms with Gasteiger partial charge in [-0.2, -0.15) is 0 Å². The molecule has 0 unspecified atom stereocenters. The molecular weight excluding hydrogens is 174 g/mol. The van der Waals surface area contributed by atoms with Crippen LogP contribution in [0.15, 0.2) is 48.7 Å². The number of ether oxygens (including phenoxy) is 1. The molecule has 2 heteroatoms. The Labute approximate surface area is 83.2 Å². The van der Waals surface area contributed by atoms with Crippen molar-refractivity contribution in [3.8, 4) is 17.0 Å². The van der Waals surface area contributed by atoms with Gasteiger partial charge in [-0.15, -0.1) is 0 Å². The largest absolute Gasteiger partial charge is 0.494 e. The van der Waals surface area contributed by atoms with Crippen LogP contribution in [0.25, 0.3) is 11.3 Å². The van der Waals surface area contributed by atoms with Gasteiger partial charge >= 0.3 is 0 Å². The van der Waals surface area contributed by atoms with E-state index in [1.54, 1.807) is 13.3 Å². The minimum absolute atomic E-state index is 0.804. The van der Waals surface area contributed by atoms with Gasteiger partial charge < -0.3 is 4.74 Å². The fourth-order valence-electron chi connectivity index (χ4n) is 1.37. The molecule has 2 nitrogen and oxygen atoms in total. The van der Waals surface area contributed by atoms with Crippen LogP contribution in [0, 0.1) is 0 Å². The second-order valence-corrected chi connectivity index (χ2v) is 2.92. The number of aromatic nitrogens is 1. The summed E-state index contributed by atoms with van der Waals surface area (Å²) in [6.07, 6.45) is 1.77. The SMILES string of the molecule is COc1cccnc1-c1ccccc1. The monoisotopic (exact) mass is 185 g/mol. The minimum Gasteiger partial charge on any atom is -0.494 e. The Hall–Kier alpha value is -1.83. The molecular formula is C12H11NO. The third-order valence-corrected chi connectivity index (χ3v) is 2.04. The van der Waals surface area contributed by atoms with E-state index < -0.39 is 0 Å². The molecule has 2 aromatic rings. The molecule has 0 radical (unpaired) electrons. The molecule has 1 heterocycles. The van der Waals surface area contributed by atoms with Crippen LogP contribution >= 0.6 is 0 Å². The maximum atomic E-state index is 5.24. The smallest absolute Gasteiger partial charge is 0.145 e. The van der Waals surface area contributed by atoms with E-state index in [1.807, 2.05) is 42.5 Å². The van der Waals surface area contributed by atoms with Gasteiger partial charge in [0.2, 0.25) is 0 Å². The average molecular weight is 185 g/mol. The lowest BCUT2D eigenvalue weighted by molar-refractivity contribution is 0.415. The Balaban J connectivity index is 2.51. The van der Waals surface area contributed by atoms with Crippen molar-refractivity contribution in [3.05, 3.63) is 48.7 Å². The first-order valence-corrected chi connectivity index (χ1v) is 4.46. The van der Waals surface area contributed by atoms with E-state index in [0.29, 0.717) is 0 Å². The lowest BCUT2D eigenvalue weighted by Gasteiger charge is -2.06. The van der Waals surface area contributed by atoms with Crippen LogP contribution in [-0.2, 0) is 0 Å². The molecule has 2 rings (SSSR count). The second kappa shape index (κ2) is 3.92. The Bertz CT molecular complexity index is 412. The molecule has 0 aliphatic heterocycles. The molecule has 70 valence electrons. The average Bonchev–Trinajstić information content (AvgIpc) is 2.30. The Morgan fingerprint density at radius 2 is 1.79 bits per heavy atom. The van der Waals surface area contributed by atoms with Gasteiger partial charge in [-0.1, -0.05) is 30.3 Å². The molecule has 0 aliphatic carbocycles. The highest BCUT2D eigenvalue weighted by atomic mass is 16.5. The maximum Gasteiger partial charge on any atom is 0.145 e. The van der Waals surface area contributed by atoms with Crippen molar-refractivity contribution in [1.29, 1.82) is 0 Å². The van der Waals surface area contributed by atoms with Crippen molar-refractivity contribution in [2.75, 3.05) is 7.11 Å². The van der Waals surface area contributed by atoms with Gasteiger partial charge in [0, 0.05) is 11.8 Å². The lowest BCUT2D eigenvalue weighted by atomic mass is 10.1. The van der Waals surface area contributed by atoms with E-state index in [0.717, 1.165) is 17.0 Å². The van der Waals surface area contributed by atoms with Crippen LogP contribution < -0.4 is 4.74 Å². The van der Waals surface area contributed by atoms with Gasteiger partial charge in [-0.3, -0.25) is 4.98 Å². The van der Waals surface area contributed by atoms with Crippen molar-refractivity contribution in [2.45, 2.75) is 0 Å². The van der Waals surface area contributed by atoms with Crippen molar-refractivity contribution in [2.24, 2.45) is 0 Å². The zero-order valence-electron chi connectivity index (χ0n) is 7.97. The zero-order chi connectivity index (χ0) is 9.80. The number of nitrogens with zero attached hydrogens (tertiary/aromatic N) is 1. The Morgan fingerprint density at radius 3 is 2.50 bits per heavy atom. The first-order chi connectivity index (χ1) is 6.92. The van der Waals surface area contributed by atoms with E-state index in [-0.39, 0.29) is 0 Å². The molecule has 1 aromatic heterocycles. The number of benzene rings is 1. The molecule has 0 aliphatic rings. The van der Waals surface area contributed by atoms with Crippen molar-refractivity contribution in [1.82, 2.24) is 4.98 Å². The van der Waals surface area contributed by atoms with Crippen molar-refractivity contribution in [3.63, 3.8) is 0 Å². The summed E-state index contributed by atoms with van der Waals surface area (Å²) in [4.78, 5) is 4.29. The molecule has 0 N–H and O–H groups in total. The predicted octanol–water partition coefficient (Wildman–Crippen LogP) is 2.76. The quantitative estimate of drug-likeness (QED) is 0.717. The molecule has 0 fully saturated rings. The third-order valence-electron chi connectivity index (χ3n) is 2.04. The van der Waals surface area contributed by atoms with Gasteiger partial charge in [0.05, 0.1) is 7.11 Å². The highest BCUT2D eigenvalue weighted by molar-refractivity contribution is 5.65. The summed E-state index contributed by atoms with van der Waals surface area (Å²) in [5.74, 6) is 0.804. The Morgan fingerprint density at radius 1 is 1.00 bits per heavy atom. The number of methoxy groups -OCH3 is 1. The molecule has 0 amide bonds. The van der Waals surface area contributed by atoms with Crippen LogP contribution in [0.2, 0.25) is 0 Å². The van der Waals surface area contributed by atoms with E-state index >= 15 is 0 Å². The van der Waals surface area contributed by atoms with Crippen LogP contribution in [-0.4, -0.2) is 12.1 Å². The summed E-state index contributed by atoms with van der Waals surface area (Å²) in [7, 11) is 1.66. The lowest BCUT2D eigenvalue weighted by Crippen LogP contribution is -1.89. The highest BCUT2D eigenvalue weighted by Gasteiger charge is 2.04. The Kier molecular flexibility index (Phi) is 2.45. The van der Waals surface area contributed by atoms with Crippen LogP contribution in [0.1, 0.15) is 0 Å². The topological polar surface area (TPSA) is 22.1 Å². The molecule has 0 atom stereocenters. The minimum atomic E-state index is 0.804. The normalized spacial score (nSPS) is 9.79. The van der Waals surface area contributed by atoms with Gasteiger partial charge in [-0.25, -0.2) is 0 Å². The van der Waals surface area contributed by atoms with Crippen molar-refractivity contribution < 1.29 is 4.74 Å². The molecule has 0 bridgehead atoms. The van der Waals surface area contributed by atoms with Crippen LogP contribution in [0.5, 0.6) is 5.75 Å². The number of pyridine rings is 1. The fourth-order valence-corrected chi connectivity index (χ4v) is 1.37. The third kappa shape index (κ3) is 1.59. The molecule has 14 heavy (non-hydrogen) atoms. The van der Waals surface area contributed by atoms with E-state index in [9.17, 15) is 0 Å². The van der Waals surface area contributed by atoms with Crippen LogP contribution in [0.3, 0.4) is 0 Å². The van der Waals surface area contributed by atoms with Gasteiger partial charge in [-0.05, 0) is 12.1 Å². The number of hydrogen-bond donors (Lipinski definition) is 0. The summed E-state index contributed by atoms with van der Waals surface area (Å²) in [6, 6.07) is 13.8.